The minimum atomic E-state index is -4.39. The number of hydrogen-bond donors (Lipinski definition) is 2. The maximum Gasteiger partial charge on any atom is 0.405 e. The summed E-state index contributed by atoms with van der Waals surface area (Å²) in [5.74, 6) is -0.614. The van der Waals surface area contributed by atoms with Crippen molar-refractivity contribution < 1.29 is 18.0 Å². The lowest BCUT2D eigenvalue weighted by Gasteiger charge is -2.35. The summed E-state index contributed by atoms with van der Waals surface area (Å²) in [6, 6.07) is 1.38. The molecule has 0 aromatic carbocycles. The SMILES string of the molecule is Cl.Cl.O=C(NCC(N1CCNCC1)C(F)(F)F)c1ccc(Br)cn1. The molecule has 5 nitrogen and oxygen atoms in total. The van der Waals surface area contributed by atoms with Crippen molar-refractivity contribution in [2.45, 2.75) is 12.2 Å². The van der Waals surface area contributed by atoms with Gasteiger partial charge in [0.2, 0.25) is 0 Å². The van der Waals surface area contributed by atoms with E-state index in [2.05, 4.69) is 31.5 Å². The van der Waals surface area contributed by atoms with E-state index in [4.69, 9.17) is 0 Å². The van der Waals surface area contributed by atoms with Crippen LogP contribution in [0.25, 0.3) is 0 Å². The third-order valence-corrected chi connectivity index (χ3v) is 3.86. The van der Waals surface area contributed by atoms with E-state index in [-0.39, 0.29) is 30.5 Å². The van der Waals surface area contributed by atoms with Gasteiger partial charge in [-0.2, -0.15) is 13.2 Å². The van der Waals surface area contributed by atoms with Gasteiger partial charge >= 0.3 is 6.18 Å². The zero-order valence-electron chi connectivity index (χ0n) is 12.5. The highest BCUT2D eigenvalue weighted by molar-refractivity contribution is 9.10. The van der Waals surface area contributed by atoms with Crippen LogP contribution in [0.15, 0.2) is 22.8 Å². The number of pyridine rings is 1. The van der Waals surface area contributed by atoms with Gasteiger partial charge in [0.25, 0.3) is 5.91 Å². The zero-order chi connectivity index (χ0) is 16.2. The van der Waals surface area contributed by atoms with Crippen LogP contribution in [-0.4, -0.2) is 60.7 Å². The Morgan fingerprint density at radius 3 is 2.46 bits per heavy atom. The van der Waals surface area contributed by atoms with Crippen molar-refractivity contribution >= 4 is 46.7 Å². The average Bonchev–Trinajstić information content (AvgIpc) is 2.47. The lowest BCUT2D eigenvalue weighted by molar-refractivity contribution is -0.183. The molecule has 2 heterocycles. The van der Waals surface area contributed by atoms with Crippen LogP contribution in [0, 0.1) is 0 Å². The third kappa shape index (κ3) is 6.72. The topological polar surface area (TPSA) is 57.3 Å². The first kappa shape index (κ1) is 23.4. The van der Waals surface area contributed by atoms with Crippen molar-refractivity contribution in [1.82, 2.24) is 20.5 Å². The van der Waals surface area contributed by atoms with Gasteiger partial charge in [0.15, 0.2) is 0 Å². The number of carbonyl (C=O) groups excluding carboxylic acids is 1. The Kier molecular flexibility index (Phi) is 10.1. The summed E-state index contributed by atoms with van der Waals surface area (Å²) >= 11 is 3.18. The van der Waals surface area contributed by atoms with Crippen LogP contribution in [0.3, 0.4) is 0 Å². The standard InChI is InChI=1S/C13H16BrF3N4O.2ClH/c14-9-1-2-10(19-7-9)12(22)20-8-11(13(15,16)17)21-5-3-18-4-6-21;;/h1-2,7,11,18H,3-6,8H2,(H,20,22);2*1H. The van der Waals surface area contributed by atoms with Crippen molar-refractivity contribution in [3.05, 3.63) is 28.5 Å². The maximum atomic E-state index is 13.2. The molecule has 2 N–H and O–H groups in total. The normalized spacial score (nSPS) is 16.5. The van der Waals surface area contributed by atoms with E-state index < -0.39 is 24.7 Å². The molecule has 1 fully saturated rings. The molecule has 0 radical (unpaired) electrons. The fourth-order valence-corrected chi connectivity index (χ4v) is 2.47. The van der Waals surface area contributed by atoms with E-state index in [1.165, 1.54) is 17.2 Å². The summed E-state index contributed by atoms with van der Waals surface area (Å²) in [6.07, 6.45) is -2.97. The second-order valence-electron chi connectivity index (χ2n) is 4.92. The van der Waals surface area contributed by atoms with Crippen LogP contribution in [0.4, 0.5) is 13.2 Å². The van der Waals surface area contributed by atoms with E-state index in [9.17, 15) is 18.0 Å². The second kappa shape index (κ2) is 10.4. The summed E-state index contributed by atoms with van der Waals surface area (Å²) in [6.45, 7) is 1.14. The van der Waals surface area contributed by atoms with E-state index in [1.807, 2.05) is 0 Å². The molecule has 1 saturated heterocycles. The summed E-state index contributed by atoms with van der Waals surface area (Å²) in [5, 5.41) is 5.33. The minimum absolute atomic E-state index is 0. The Labute approximate surface area is 158 Å². The zero-order valence-corrected chi connectivity index (χ0v) is 15.7. The van der Waals surface area contributed by atoms with Crippen molar-refractivity contribution in [3.8, 4) is 0 Å². The molecule has 0 saturated carbocycles. The molecule has 2 rings (SSSR count). The van der Waals surface area contributed by atoms with Crippen molar-refractivity contribution in [2.75, 3.05) is 32.7 Å². The van der Waals surface area contributed by atoms with Crippen LogP contribution in [0.5, 0.6) is 0 Å². The van der Waals surface area contributed by atoms with Crippen LogP contribution in [-0.2, 0) is 0 Å². The highest BCUT2D eigenvalue weighted by Gasteiger charge is 2.43. The van der Waals surface area contributed by atoms with Crippen LogP contribution in [0.1, 0.15) is 10.5 Å². The molecular formula is C13H18BrCl2F3N4O. The first-order valence-corrected chi connectivity index (χ1v) is 7.58. The minimum Gasteiger partial charge on any atom is -0.349 e. The molecule has 0 aliphatic carbocycles. The van der Waals surface area contributed by atoms with Crippen LogP contribution in [0.2, 0.25) is 0 Å². The van der Waals surface area contributed by atoms with Gasteiger partial charge in [0.1, 0.15) is 11.7 Å². The van der Waals surface area contributed by atoms with Crippen LogP contribution >= 0.6 is 40.7 Å². The molecule has 138 valence electrons. The first-order valence-electron chi connectivity index (χ1n) is 6.79. The summed E-state index contributed by atoms with van der Waals surface area (Å²) in [4.78, 5) is 17.1. The van der Waals surface area contributed by atoms with Gasteiger partial charge in [-0.3, -0.25) is 9.69 Å². The molecule has 0 spiro atoms. The number of hydrogen-bond acceptors (Lipinski definition) is 4. The second-order valence-corrected chi connectivity index (χ2v) is 5.83. The number of amides is 1. The quantitative estimate of drug-likeness (QED) is 0.734. The molecule has 1 aromatic rings. The molecule has 1 unspecified atom stereocenters. The van der Waals surface area contributed by atoms with Crippen LogP contribution < -0.4 is 10.6 Å². The molecule has 1 aliphatic heterocycles. The van der Waals surface area contributed by atoms with E-state index in [0.717, 1.165) is 0 Å². The highest BCUT2D eigenvalue weighted by Crippen LogP contribution is 2.24. The third-order valence-electron chi connectivity index (χ3n) is 3.39. The smallest absolute Gasteiger partial charge is 0.349 e. The predicted molar refractivity (Wildman–Crippen MR) is 93.1 cm³/mol. The van der Waals surface area contributed by atoms with Crippen molar-refractivity contribution in [2.24, 2.45) is 0 Å². The van der Waals surface area contributed by atoms with E-state index >= 15 is 0 Å². The average molecular weight is 454 g/mol. The number of piperazine rings is 1. The number of rotatable bonds is 4. The number of nitrogens with one attached hydrogen (secondary N) is 2. The highest BCUT2D eigenvalue weighted by atomic mass is 79.9. The molecule has 1 amide bonds. The molecule has 1 aromatic heterocycles. The lowest BCUT2D eigenvalue weighted by Crippen LogP contribution is -2.57. The van der Waals surface area contributed by atoms with Gasteiger partial charge in [-0.1, -0.05) is 0 Å². The maximum absolute atomic E-state index is 13.2. The van der Waals surface area contributed by atoms with Gasteiger partial charge in [-0.15, -0.1) is 24.8 Å². The molecule has 24 heavy (non-hydrogen) atoms. The molecule has 0 bridgehead atoms. The van der Waals surface area contributed by atoms with E-state index in [1.54, 1.807) is 6.07 Å². The van der Waals surface area contributed by atoms with Gasteiger partial charge in [-0.25, -0.2) is 4.98 Å². The Balaban J connectivity index is 0.00000264. The Bertz CT molecular complexity index is 513. The predicted octanol–water partition coefficient (Wildman–Crippen LogP) is 2.25. The Morgan fingerprint density at radius 1 is 1.33 bits per heavy atom. The molecule has 1 atom stereocenters. The fraction of sp³-hybridized carbons (Fsp3) is 0.538. The number of nitrogens with zero attached hydrogens (tertiary/aromatic N) is 2. The van der Waals surface area contributed by atoms with Gasteiger partial charge in [0, 0.05) is 43.4 Å². The number of aromatic nitrogens is 1. The fourth-order valence-electron chi connectivity index (χ4n) is 2.24. The number of halogens is 6. The summed E-state index contributed by atoms with van der Waals surface area (Å²) in [5.41, 5.74) is 0.0874. The van der Waals surface area contributed by atoms with Gasteiger partial charge < -0.3 is 10.6 Å². The van der Waals surface area contributed by atoms with Gasteiger partial charge in [0.05, 0.1) is 0 Å². The number of carbonyl (C=O) groups is 1. The summed E-state index contributed by atoms with van der Waals surface area (Å²) in [7, 11) is 0. The molecule has 11 heteroatoms. The Morgan fingerprint density at radius 2 is 1.96 bits per heavy atom. The van der Waals surface area contributed by atoms with Gasteiger partial charge in [-0.05, 0) is 28.1 Å². The Hall–Kier alpha value is -0.610. The van der Waals surface area contributed by atoms with Crippen molar-refractivity contribution in [3.63, 3.8) is 0 Å². The summed E-state index contributed by atoms with van der Waals surface area (Å²) < 4.78 is 40.2. The van der Waals surface area contributed by atoms with E-state index in [0.29, 0.717) is 30.7 Å². The monoisotopic (exact) mass is 452 g/mol. The first-order chi connectivity index (χ1) is 10.4. The molecular weight excluding hydrogens is 436 g/mol. The number of alkyl halides is 3. The molecule has 1 aliphatic rings. The largest absolute Gasteiger partial charge is 0.405 e. The lowest BCUT2D eigenvalue weighted by atomic mass is 10.2. The van der Waals surface area contributed by atoms with Crippen molar-refractivity contribution in [1.29, 1.82) is 0 Å².